The van der Waals surface area contributed by atoms with Gasteiger partial charge in [-0.3, -0.25) is 9.69 Å². The van der Waals surface area contributed by atoms with Crippen LogP contribution in [0.15, 0.2) is 34.9 Å². The lowest BCUT2D eigenvalue weighted by atomic mass is 9.84. The Morgan fingerprint density at radius 2 is 2.08 bits per heavy atom. The van der Waals surface area contributed by atoms with E-state index >= 15 is 0 Å². The largest absolute Gasteiger partial charge is 0.469 e. The summed E-state index contributed by atoms with van der Waals surface area (Å²) in [4.78, 5) is 20.5. The third-order valence-electron chi connectivity index (χ3n) is 4.55. The van der Waals surface area contributed by atoms with Crippen LogP contribution in [0.1, 0.15) is 23.8 Å². The summed E-state index contributed by atoms with van der Waals surface area (Å²) in [5, 5.41) is 3.95. The summed E-state index contributed by atoms with van der Waals surface area (Å²) in [6, 6.07) is 10.3. The van der Waals surface area contributed by atoms with E-state index in [1.54, 1.807) is 4.90 Å². The molecule has 0 saturated carbocycles. The molecule has 1 aromatic carbocycles. The average Bonchev–Trinajstić information content (AvgIpc) is 3.10. The second-order valence-electron chi connectivity index (χ2n) is 6.64. The lowest BCUT2D eigenvalue weighted by Gasteiger charge is -2.36. The fourth-order valence-corrected chi connectivity index (χ4v) is 3.31. The second-order valence-corrected chi connectivity index (χ2v) is 6.64. The zero-order valence-electron chi connectivity index (χ0n) is 14.9. The highest BCUT2D eigenvalue weighted by Gasteiger charge is 2.33. The zero-order valence-corrected chi connectivity index (χ0v) is 14.9. The molecule has 0 spiro atoms. The summed E-state index contributed by atoms with van der Waals surface area (Å²) in [5.74, 6) is 1.07. The molecule has 1 aliphatic rings. The van der Waals surface area contributed by atoms with Gasteiger partial charge in [0.25, 0.3) is 5.95 Å². The van der Waals surface area contributed by atoms with Crippen molar-refractivity contribution in [3.8, 4) is 0 Å². The van der Waals surface area contributed by atoms with Gasteiger partial charge in [0.15, 0.2) is 0 Å². The Morgan fingerprint density at radius 3 is 2.72 bits per heavy atom. The predicted octanol–water partition coefficient (Wildman–Crippen LogP) is 1.91. The van der Waals surface area contributed by atoms with E-state index in [1.165, 1.54) is 12.7 Å². The molecule has 7 nitrogen and oxygen atoms in total. The van der Waals surface area contributed by atoms with Crippen LogP contribution in [0, 0.1) is 5.92 Å². The van der Waals surface area contributed by atoms with Crippen LogP contribution < -0.4 is 4.90 Å². The van der Waals surface area contributed by atoms with E-state index in [0.29, 0.717) is 24.9 Å². The smallest absolute Gasteiger partial charge is 0.309 e. The highest BCUT2D eigenvalue weighted by atomic mass is 16.5. The van der Waals surface area contributed by atoms with Crippen molar-refractivity contribution in [2.75, 3.05) is 39.2 Å². The molecular weight excluding hydrogens is 320 g/mol. The van der Waals surface area contributed by atoms with Crippen LogP contribution in [0.5, 0.6) is 0 Å². The van der Waals surface area contributed by atoms with Crippen molar-refractivity contribution in [2.45, 2.75) is 18.9 Å². The Balaban J connectivity index is 1.76. The quantitative estimate of drug-likeness (QED) is 0.767. The number of piperidine rings is 1. The molecule has 0 bridgehead atoms. The molecule has 0 radical (unpaired) electrons. The molecule has 2 atom stereocenters. The lowest BCUT2D eigenvalue weighted by molar-refractivity contribution is -0.147. The van der Waals surface area contributed by atoms with Gasteiger partial charge in [-0.05, 0) is 23.1 Å². The van der Waals surface area contributed by atoms with Crippen molar-refractivity contribution in [3.63, 3.8) is 0 Å². The van der Waals surface area contributed by atoms with Gasteiger partial charge < -0.3 is 14.2 Å². The Bertz CT molecular complexity index is 701. The van der Waals surface area contributed by atoms with Crippen LogP contribution in [0.4, 0.5) is 5.95 Å². The van der Waals surface area contributed by atoms with E-state index < -0.39 is 0 Å². The third-order valence-corrected chi connectivity index (χ3v) is 4.55. The molecule has 0 N–H and O–H groups in total. The number of carbonyl (C=O) groups excluding carboxylic acids is 1. The van der Waals surface area contributed by atoms with Crippen LogP contribution in [-0.2, 0) is 16.1 Å². The summed E-state index contributed by atoms with van der Waals surface area (Å²) < 4.78 is 10.3. The molecule has 25 heavy (non-hydrogen) atoms. The van der Waals surface area contributed by atoms with Gasteiger partial charge in [0, 0.05) is 27.2 Å². The minimum Gasteiger partial charge on any atom is -0.469 e. The minimum atomic E-state index is -0.162. The van der Waals surface area contributed by atoms with Crippen molar-refractivity contribution in [3.05, 3.63) is 41.8 Å². The Hall–Kier alpha value is -2.41. The molecular formula is C18H24N4O3. The van der Waals surface area contributed by atoms with E-state index in [9.17, 15) is 4.79 Å². The van der Waals surface area contributed by atoms with Gasteiger partial charge in [0.2, 0.25) is 5.89 Å². The number of benzene rings is 1. The molecule has 1 aliphatic heterocycles. The molecule has 3 rings (SSSR count). The van der Waals surface area contributed by atoms with Crippen LogP contribution in [-0.4, -0.2) is 55.3 Å². The van der Waals surface area contributed by atoms with Gasteiger partial charge in [0.1, 0.15) is 0 Å². The normalized spacial score (nSPS) is 21.1. The first-order chi connectivity index (χ1) is 12.1. The van der Waals surface area contributed by atoms with E-state index in [4.69, 9.17) is 9.26 Å². The predicted molar refractivity (Wildman–Crippen MR) is 93.2 cm³/mol. The number of carbonyl (C=O) groups is 1. The minimum absolute atomic E-state index is 0.153. The molecule has 0 unspecified atom stereocenters. The van der Waals surface area contributed by atoms with Gasteiger partial charge in [-0.2, -0.15) is 4.98 Å². The number of methoxy groups -OCH3 is 1. The maximum Gasteiger partial charge on any atom is 0.309 e. The number of likely N-dealkylation sites (tertiary alicyclic amines) is 1. The molecule has 0 aliphatic carbocycles. The second kappa shape index (κ2) is 7.65. The molecule has 1 aromatic heterocycles. The highest BCUT2D eigenvalue weighted by Crippen LogP contribution is 2.31. The first-order valence-electron chi connectivity index (χ1n) is 8.42. The molecule has 2 heterocycles. The van der Waals surface area contributed by atoms with Crippen molar-refractivity contribution >= 4 is 11.9 Å². The fraction of sp³-hybridized carbons (Fsp3) is 0.500. The van der Waals surface area contributed by atoms with Crippen molar-refractivity contribution < 1.29 is 14.1 Å². The lowest BCUT2D eigenvalue weighted by Crippen LogP contribution is -2.42. The van der Waals surface area contributed by atoms with E-state index in [0.717, 1.165) is 13.0 Å². The highest BCUT2D eigenvalue weighted by molar-refractivity contribution is 5.72. The van der Waals surface area contributed by atoms with Crippen LogP contribution in [0.3, 0.4) is 0 Å². The number of aromatic nitrogens is 2. The van der Waals surface area contributed by atoms with Gasteiger partial charge >= 0.3 is 5.97 Å². The van der Waals surface area contributed by atoms with Gasteiger partial charge in [0.05, 0.1) is 19.6 Å². The average molecular weight is 344 g/mol. The molecule has 7 heteroatoms. The van der Waals surface area contributed by atoms with E-state index in [2.05, 4.69) is 27.2 Å². The summed E-state index contributed by atoms with van der Waals surface area (Å²) in [6.07, 6.45) is 0.792. The fourth-order valence-electron chi connectivity index (χ4n) is 3.31. The number of anilines is 1. The maximum absolute atomic E-state index is 12.1. The zero-order chi connectivity index (χ0) is 17.8. The summed E-state index contributed by atoms with van der Waals surface area (Å²) >= 11 is 0. The van der Waals surface area contributed by atoms with Crippen molar-refractivity contribution in [1.29, 1.82) is 0 Å². The topological polar surface area (TPSA) is 71.7 Å². The summed E-state index contributed by atoms with van der Waals surface area (Å²) in [5.41, 5.74) is 1.24. The maximum atomic E-state index is 12.1. The number of nitrogens with zero attached hydrogens (tertiary/aromatic N) is 4. The van der Waals surface area contributed by atoms with Crippen molar-refractivity contribution in [1.82, 2.24) is 15.0 Å². The number of rotatable bonds is 5. The summed E-state index contributed by atoms with van der Waals surface area (Å²) in [6.45, 7) is 2.00. The van der Waals surface area contributed by atoms with E-state index in [1.807, 2.05) is 32.3 Å². The van der Waals surface area contributed by atoms with Crippen LogP contribution in [0.2, 0.25) is 0 Å². The van der Waals surface area contributed by atoms with Gasteiger partial charge in [-0.15, -0.1) is 0 Å². The first-order valence-corrected chi connectivity index (χ1v) is 8.42. The SMILES string of the molecule is COC(=O)[C@@H]1C[C@@H](c2ccccc2)CN(Cc2nc(N(C)C)no2)C1. The molecule has 1 fully saturated rings. The Labute approximate surface area is 147 Å². The Kier molecular flexibility index (Phi) is 5.33. The number of ether oxygens (including phenoxy) is 1. The monoisotopic (exact) mass is 344 g/mol. The molecule has 1 saturated heterocycles. The van der Waals surface area contributed by atoms with Gasteiger partial charge in [-0.25, -0.2) is 0 Å². The molecule has 2 aromatic rings. The van der Waals surface area contributed by atoms with Crippen LogP contribution >= 0.6 is 0 Å². The van der Waals surface area contributed by atoms with E-state index in [-0.39, 0.29) is 17.8 Å². The standard InChI is InChI=1S/C18H24N4O3/c1-21(2)18-19-16(25-20-18)12-22-10-14(13-7-5-4-6-8-13)9-15(11-22)17(23)24-3/h4-8,14-15H,9-12H2,1-3H3/t14-,15-/m1/s1. The molecule has 134 valence electrons. The van der Waals surface area contributed by atoms with Crippen molar-refractivity contribution in [2.24, 2.45) is 5.92 Å². The number of hydrogen-bond acceptors (Lipinski definition) is 7. The van der Waals surface area contributed by atoms with Gasteiger partial charge in [-0.1, -0.05) is 30.3 Å². The van der Waals surface area contributed by atoms with Crippen LogP contribution in [0.25, 0.3) is 0 Å². The molecule has 0 amide bonds. The first kappa shape index (κ1) is 17.4. The number of esters is 1. The summed E-state index contributed by atoms with van der Waals surface area (Å²) in [7, 11) is 5.18. The third kappa shape index (κ3) is 4.17. The Morgan fingerprint density at radius 1 is 1.32 bits per heavy atom. The number of hydrogen-bond donors (Lipinski definition) is 0.